The van der Waals surface area contributed by atoms with E-state index in [0.29, 0.717) is 13.2 Å². The van der Waals surface area contributed by atoms with Gasteiger partial charge in [-0.15, -0.1) is 0 Å². The minimum absolute atomic E-state index is 0.0111. The third-order valence-electron chi connectivity index (χ3n) is 3.83. The number of ether oxygens (including phenoxy) is 1. The molecule has 0 aromatic rings. The first kappa shape index (κ1) is 19.4. The number of nitrogens with one attached hydrogen (secondary N) is 1. The number of sulfone groups is 1. The number of hydrogen-bond donors (Lipinski definition) is 1. The van der Waals surface area contributed by atoms with Gasteiger partial charge < -0.3 is 9.64 Å². The Morgan fingerprint density at radius 3 is 2.09 bits per heavy atom. The minimum Gasteiger partial charge on any atom is -0.377 e. The summed E-state index contributed by atoms with van der Waals surface area (Å²) < 4.78 is 28.2. The average Bonchev–Trinajstić information content (AvgIpc) is 2.40. The second-order valence-electron chi connectivity index (χ2n) is 6.28. The second-order valence-corrected chi connectivity index (χ2v) is 8.42. The van der Waals surface area contributed by atoms with Gasteiger partial charge >= 0.3 is 0 Å². The SMILES string of the molecule is CCCCN(CCCC)C(=O)CNC1(CS(C)(=O)=O)COC1. The maximum atomic E-state index is 12.4. The summed E-state index contributed by atoms with van der Waals surface area (Å²) >= 11 is 0. The highest BCUT2D eigenvalue weighted by Crippen LogP contribution is 2.19. The van der Waals surface area contributed by atoms with Gasteiger partial charge in [-0.05, 0) is 12.8 Å². The molecular weight excluding hydrogens is 304 g/mol. The Labute approximate surface area is 134 Å². The number of carbonyl (C=O) groups is 1. The van der Waals surface area contributed by atoms with Crippen molar-refractivity contribution in [3.8, 4) is 0 Å². The molecule has 0 saturated carbocycles. The fourth-order valence-corrected chi connectivity index (χ4v) is 3.79. The molecule has 1 aliphatic rings. The van der Waals surface area contributed by atoms with Crippen molar-refractivity contribution in [2.24, 2.45) is 0 Å². The quantitative estimate of drug-likeness (QED) is 0.605. The van der Waals surface area contributed by atoms with Gasteiger partial charge in [-0.3, -0.25) is 10.1 Å². The maximum Gasteiger partial charge on any atom is 0.236 e. The first-order valence-electron chi connectivity index (χ1n) is 8.10. The van der Waals surface area contributed by atoms with Crippen LogP contribution < -0.4 is 5.32 Å². The smallest absolute Gasteiger partial charge is 0.236 e. The van der Waals surface area contributed by atoms with Crippen molar-refractivity contribution < 1.29 is 17.9 Å². The Kier molecular flexibility index (Phi) is 7.79. The molecule has 1 heterocycles. The maximum absolute atomic E-state index is 12.4. The Morgan fingerprint density at radius 1 is 1.18 bits per heavy atom. The Morgan fingerprint density at radius 2 is 1.73 bits per heavy atom. The van der Waals surface area contributed by atoms with Gasteiger partial charge in [0.25, 0.3) is 0 Å². The molecule has 1 aliphatic heterocycles. The van der Waals surface area contributed by atoms with Crippen LogP contribution in [0.4, 0.5) is 0 Å². The van der Waals surface area contributed by atoms with Crippen LogP contribution in [0.15, 0.2) is 0 Å². The van der Waals surface area contributed by atoms with Crippen molar-refractivity contribution in [3.63, 3.8) is 0 Å². The number of rotatable bonds is 11. The van der Waals surface area contributed by atoms with Crippen LogP contribution in [0.2, 0.25) is 0 Å². The first-order valence-corrected chi connectivity index (χ1v) is 10.2. The molecule has 0 atom stereocenters. The summed E-state index contributed by atoms with van der Waals surface area (Å²) in [5.41, 5.74) is -0.593. The summed E-state index contributed by atoms with van der Waals surface area (Å²) in [6.45, 7) is 6.61. The van der Waals surface area contributed by atoms with Crippen LogP contribution in [0.3, 0.4) is 0 Å². The van der Waals surface area contributed by atoms with Crippen LogP contribution in [0.5, 0.6) is 0 Å². The van der Waals surface area contributed by atoms with E-state index in [1.54, 1.807) is 0 Å². The zero-order chi connectivity index (χ0) is 16.6. The molecule has 0 aromatic heterocycles. The van der Waals surface area contributed by atoms with Gasteiger partial charge in [-0.25, -0.2) is 8.42 Å². The lowest BCUT2D eigenvalue weighted by Gasteiger charge is -2.41. The summed E-state index contributed by atoms with van der Waals surface area (Å²) in [5.74, 6) is 0.0543. The molecule has 22 heavy (non-hydrogen) atoms. The summed E-state index contributed by atoms with van der Waals surface area (Å²) in [6, 6.07) is 0. The van der Waals surface area contributed by atoms with Crippen LogP contribution >= 0.6 is 0 Å². The van der Waals surface area contributed by atoms with Crippen molar-refractivity contribution in [2.75, 3.05) is 44.9 Å². The van der Waals surface area contributed by atoms with Gasteiger partial charge in [-0.2, -0.15) is 0 Å². The van der Waals surface area contributed by atoms with Gasteiger partial charge in [0.15, 0.2) is 0 Å². The molecule has 0 aromatic carbocycles. The summed E-state index contributed by atoms with van der Waals surface area (Å²) in [6.07, 6.45) is 5.30. The van der Waals surface area contributed by atoms with E-state index in [0.717, 1.165) is 38.8 Å². The van der Waals surface area contributed by atoms with Gasteiger partial charge in [0, 0.05) is 19.3 Å². The van der Waals surface area contributed by atoms with Crippen molar-refractivity contribution in [1.82, 2.24) is 10.2 Å². The number of unbranched alkanes of at least 4 members (excludes halogenated alkanes) is 2. The van der Waals surface area contributed by atoms with E-state index in [-0.39, 0.29) is 18.2 Å². The third kappa shape index (κ3) is 6.62. The lowest BCUT2D eigenvalue weighted by Crippen LogP contribution is -2.65. The van der Waals surface area contributed by atoms with E-state index < -0.39 is 15.4 Å². The average molecular weight is 334 g/mol. The molecule has 0 bridgehead atoms. The zero-order valence-electron chi connectivity index (χ0n) is 14.1. The molecule has 130 valence electrons. The topological polar surface area (TPSA) is 75.7 Å². The van der Waals surface area contributed by atoms with Crippen LogP contribution in [-0.2, 0) is 19.4 Å². The molecule has 1 fully saturated rings. The third-order valence-corrected chi connectivity index (χ3v) is 4.90. The zero-order valence-corrected chi connectivity index (χ0v) is 14.9. The molecule has 1 amide bonds. The van der Waals surface area contributed by atoms with Crippen LogP contribution in [0.1, 0.15) is 39.5 Å². The molecule has 1 rings (SSSR count). The second kappa shape index (κ2) is 8.84. The molecule has 0 unspecified atom stereocenters. The van der Waals surface area contributed by atoms with E-state index >= 15 is 0 Å². The molecule has 6 nitrogen and oxygen atoms in total. The number of carbonyl (C=O) groups excluding carboxylic acids is 1. The normalized spacial score (nSPS) is 17.0. The Balaban J connectivity index is 2.53. The van der Waals surface area contributed by atoms with E-state index in [1.165, 1.54) is 6.26 Å². The fourth-order valence-electron chi connectivity index (χ4n) is 2.52. The lowest BCUT2D eigenvalue weighted by atomic mass is 10.0. The van der Waals surface area contributed by atoms with Crippen molar-refractivity contribution in [1.29, 1.82) is 0 Å². The highest BCUT2D eigenvalue weighted by Gasteiger charge is 2.41. The molecule has 1 saturated heterocycles. The number of amides is 1. The predicted molar refractivity (Wildman–Crippen MR) is 87.7 cm³/mol. The standard InChI is InChI=1S/C15H30N2O4S/c1-4-6-8-17(9-7-5-2)14(18)10-16-15(11-21-12-15)13-22(3,19)20/h16H,4-13H2,1-3H3. The van der Waals surface area contributed by atoms with E-state index in [2.05, 4.69) is 19.2 Å². The molecule has 0 radical (unpaired) electrons. The van der Waals surface area contributed by atoms with E-state index in [4.69, 9.17) is 4.74 Å². The molecular formula is C15H30N2O4S. The van der Waals surface area contributed by atoms with Gasteiger partial charge in [0.2, 0.25) is 5.91 Å². The first-order chi connectivity index (χ1) is 10.3. The predicted octanol–water partition coefficient (Wildman–Crippen LogP) is 0.818. The Hall–Kier alpha value is -0.660. The lowest BCUT2D eigenvalue weighted by molar-refractivity contribution is -0.132. The highest BCUT2D eigenvalue weighted by atomic mass is 32.2. The monoisotopic (exact) mass is 334 g/mol. The molecule has 0 aliphatic carbocycles. The van der Waals surface area contributed by atoms with Crippen molar-refractivity contribution in [3.05, 3.63) is 0 Å². The van der Waals surface area contributed by atoms with Crippen LogP contribution in [0, 0.1) is 0 Å². The van der Waals surface area contributed by atoms with Gasteiger partial charge in [0.1, 0.15) is 9.84 Å². The van der Waals surface area contributed by atoms with Crippen LogP contribution in [-0.4, -0.2) is 69.6 Å². The number of hydrogen-bond acceptors (Lipinski definition) is 5. The largest absolute Gasteiger partial charge is 0.377 e. The summed E-state index contributed by atoms with van der Waals surface area (Å²) in [7, 11) is -3.11. The van der Waals surface area contributed by atoms with Crippen LogP contribution in [0.25, 0.3) is 0 Å². The minimum atomic E-state index is -3.11. The fraction of sp³-hybridized carbons (Fsp3) is 0.933. The molecule has 7 heteroatoms. The number of nitrogens with zero attached hydrogens (tertiary/aromatic N) is 1. The van der Waals surface area contributed by atoms with E-state index in [9.17, 15) is 13.2 Å². The van der Waals surface area contributed by atoms with Crippen molar-refractivity contribution in [2.45, 2.75) is 45.1 Å². The molecule has 0 spiro atoms. The van der Waals surface area contributed by atoms with Gasteiger partial charge in [0.05, 0.1) is 31.1 Å². The van der Waals surface area contributed by atoms with Gasteiger partial charge in [-0.1, -0.05) is 26.7 Å². The Bertz CT molecular complexity index is 438. The summed E-state index contributed by atoms with van der Waals surface area (Å²) in [5, 5.41) is 3.13. The van der Waals surface area contributed by atoms with Crippen molar-refractivity contribution >= 4 is 15.7 Å². The summed E-state index contributed by atoms with van der Waals surface area (Å²) in [4.78, 5) is 14.3. The van der Waals surface area contributed by atoms with E-state index in [1.807, 2.05) is 4.90 Å². The molecule has 1 N–H and O–H groups in total. The highest BCUT2D eigenvalue weighted by molar-refractivity contribution is 7.90.